The van der Waals surface area contributed by atoms with Crippen LogP contribution in [0.25, 0.3) is 0 Å². The molecule has 0 aromatic rings. The maximum atomic E-state index is 11.1. The molecule has 1 aliphatic heterocycles. The molecule has 0 amide bonds. The Balaban J connectivity index is 2.24. The molecule has 0 spiro atoms. The molecular formula is C9H12O2. The maximum absolute atomic E-state index is 11.1. The SMILES string of the molecule is C[C@@H]1COC(=O)C2=CCC[C@H]21. The summed E-state index contributed by atoms with van der Waals surface area (Å²) in [6.07, 6.45) is 4.23. The quantitative estimate of drug-likeness (QED) is 0.492. The van der Waals surface area contributed by atoms with Crippen LogP contribution in [0.4, 0.5) is 0 Å². The topological polar surface area (TPSA) is 26.3 Å². The van der Waals surface area contributed by atoms with Crippen LogP contribution in [0, 0.1) is 11.8 Å². The molecular weight excluding hydrogens is 140 g/mol. The number of rotatable bonds is 0. The van der Waals surface area contributed by atoms with Crippen LogP contribution >= 0.6 is 0 Å². The van der Waals surface area contributed by atoms with Crippen LogP contribution in [-0.2, 0) is 9.53 Å². The Kier molecular flexibility index (Phi) is 1.48. The summed E-state index contributed by atoms with van der Waals surface area (Å²) in [7, 11) is 0. The van der Waals surface area contributed by atoms with Crippen molar-refractivity contribution in [1.82, 2.24) is 0 Å². The summed E-state index contributed by atoms with van der Waals surface area (Å²) in [4.78, 5) is 11.1. The normalized spacial score (nSPS) is 36.1. The van der Waals surface area contributed by atoms with E-state index in [1.807, 2.05) is 6.08 Å². The fourth-order valence-electron chi connectivity index (χ4n) is 1.96. The molecule has 0 saturated carbocycles. The van der Waals surface area contributed by atoms with Crippen LogP contribution in [-0.4, -0.2) is 12.6 Å². The third-order valence-corrected chi connectivity index (χ3v) is 2.64. The summed E-state index contributed by atoms with van der Waals surface area (Å²) in [5, 5.41) is 0. The average molecular weight is 152 g/mol. The second kappa shape index (κ2) is 2.36. The van der Waals surface area contributed by atoms with E-state index >= 15 is 0 Å². The van der Waals surface area contributed by atoms with Gasteiger partial charge in [0.25, 0.3) is 0 Å². The molecule has 0 aromatic heterocycles. The summed E-state index contributed by atoms with van der Waals surface area (Å²) >= 11 is 0. The van der Waals surface area contributed by atoms with E-state index in [1.165, 1.54) is 0 Å². The van der Waals surface area contributed by atoms with Gasteiger partial charge in [0.1, 0.15) is 0 Å². The highest BCUT2D eigenvalue weighted by Gasteiger charge is 2.34. The van der Waals surface area contributed by atoms with E-state index in [0.29, 0.717) is 18.4 Å². The molecule has 2 rings (SSSR count). The Morgan fingerprint density at radius 3 is 3.18 bits per heavy atom. The molecule has 1 saturated heterocycles. The minimum absolute atomic E-state index is 0.0781. The number of allylic oxidation sites excluding steroid dienone is 1. The molecule has 2 nitrogen and oxygen atoms in total. The number of cyclic esters (lactones) is 1. The first-order valence-electron chi connectivity index (χ1n) is 4.16. The van der Waals surface area contributed by atoms with Gasteiger partial charge in [-0.25, -0.2) is 4.79 Å². The first-order chi connectivity index (χ1) is 5.29. The monoisotopic (exact) mass is 152 g/mol. The van der Waals surface area contributed by atoms with Gasteiger partial charge in [-0.1, -0.05) is 13.0 Å². The second-order valence-electron chi connectivity index (χ2n) is 3.42. The Bertz CT molecular complexity index is 218. The van der Waals surface area contributed by atoms with Gasteiger partial charge in [0.05, 0.1) is 6.61 Å². The molecule has 0 radical (unpaired) electrons. The zero-order valence-corrected chi connectivity index (χ0v) is 6.67. The average Bonchev–Trinajstić information content (AvgIpc) is 2.45. The molecule has 0 aromatic carbocycles. The second-order valence-corrected chi connectivity index (χ2v) is 3.42. The molecule has 1 fully saturated rings. The number of carbonyl (C=O) groups is 1. The van der Waals surface area contributed by atoms with Crippen molar-refractivity contribution >= 4 is 5.97 Å². The predicted molar refractivity (Wildman–Crippen MR) is 40.9 cm³/mol. The van der Waals surface area contributed by atoms with Crippen molar-refractivity contribution in [2.45, 2.75) is 19.8 Å². The van der Waals surface area contributed by atoms with Crippen LogP contribution in [0.2, 0.25) is 0 Å². The van der Waals surface area contributed by atoms with Gasteiger partial charge >= 0.3 is 5.97 Å². The van der Waals surface area contributed by atoms with E-state index < -0.39 is 0 Å². The number of carbonyl (C=O) groups excluding carboxylic acids is 1. The summed E-state index contributed by atoms with van der Waals surface area (Å²) in [5.74, 6) is 0.948. The third-order valence-electron chi connectivity index (χ3n) is 2.64. The number of ether oxygens (including phenoxy) is 1. The van der Waals surface area contributed by atoms with E-state index in [4.69, 9.17) is 4.74 Å². The number of hydrogen-bond donors (Lipinski definition) is 0. The van der Waals surface area contributed by atoms with E-state index in [9.17, 15) is 4.79 Å². The van der Waals surface area contributed by atoms with Crippen LogP contribution in [0.15, 0.2) is 11.6 Å². The van der Waals surface area contributed by atoms with Crippen molar-refractivity contribution in [2.24, 2.45) is 11.8 Å². The molecule has 2 heteroatoms. The lowest BCUT2D eigenvalue weighted by atomic mass is 9.87. The fraction of sp³-hybridized carbons (Fsp3) is 0.667. The first-order valence-corrected chi connectivity index (χ1v) is 4.16. The van der Waals surface area contributed by atoms with E-state index in [2.05, 4.69) is 6.92 Å². The molecule has 60 valence electrons. The fourth-order valence-corrected chi connectivity index (χ4v) is 1.96. The largest absolute Gasteiger partial charge is 0.462 e. The number of hydrogen-bond acceptors (Lipinski definition) is 2. The molecule has 11 heavy (non-hydrogen) atoms. The van der Waals surface area contributed by atoms with Crippen molar-refractivity contribution in [2.75, 3.05) is 6.61 Å². The molecule has 2 atom stereocenters. The molecule has 0 bridgehead atoms. The molecule has 2 aliphatic rings. The Labute approximate surface area is 66.2 Å². The minimum atomic E-state index is -0.0781. The van der Waals surface area contributed by atoms with Crippen molar-refractivity contribution in [3.8, 4) is 0 Å². The highest BCUT2D eigenvalue weighted by molar-refractivity contribution is 5.90. The number of esters is 1. The van der Waals surface area contributed by atoms with Gasteiger partial charge in [-0.15, -0.1) is 0 Å². The van der Waals surface area contributed by atoms with Gasteiger partial charge < -0.3 is 4.74 Å². The lowest BCUT2D eigenvalue weighted by Crippen LogP contribution is -2.29. The lowest BCUT2D eigenvalue weighted by Gasteiger charge is -2.26. The van der Waals surface area contributed by atoms with E-state index in [1.54, 1.807) is 0 Å². The zero-order valence-electron chi connectivity index (χ0n) is 6.67. The lowest BCUT2D eigenvalue weighted by molar-refractivity contribution is -0.144. The Morgan fingerprint density at radius 2 is 2.45 bits per heavy atom. The highest BCUT2D eigenvalue weighted by Crippen LogP contribution is 2.36. The summed E-state index contributed by atoms with van der Waals surface area (Å²) in [6, 6.07) is 0. The molecule has 0 unspecified atom stereocenters. The van der Waals surface area contributed by atoms with Crippen molar-refractivity contribution < 1.29 is 9.53 Å². The predicted octanol–water partition coefficient (Wildman–Crippen LogP) is 1.52. The molecule has 1 aliphatic carbocycles. The van der Waals surface area contributed by atoms with E-state index in [0.717, 1.165) is 18.4 Å². The number of fused-ring (bicyclic) bond motifs is 1. The van der Waals surface area contributed by atoms with Gasteiger partial charge in [0.15, 0.2) is 0 Å². The van der Waals surface area contributed by atoms with Crippen molar-refractivity contribution in [1.29, 1.82) is 0 Å². The standard InChI is InChI=1S/C9H12O2/c1-6-5-11-9(10)8-4-2-3-7(6)8/h4,6-7H,2-3,5H2,1H3/t6-,7+/m1/s1. The van der Waals surface area contributed by atoms with Crippen molar-refractivity contribution in [3.05, 3.63) is 11.6 Å². The highest BCUT2D eigenvalue weighted by atomic mass is 16.5. The molecule has 0 N–H and O–H groups in total. The minimum Gasteiger partial charge on any atom is -0.462 e. The smallest absolute Gasteiger partial charge is 0.333 e. The van der Waals surface area contributed by atoms with Crippen LogP contribution < -0.4 is 0 Å². The summed E-state index contributed by atoms with van der Waals surface area (Å²) < 4.78 is 5.00. The van der Waals surface area contributed by atoms with Crippen LogP contribution in [0.1, 0.15) is 19.8 Å². The Morgan fingerprint density at radius 1 is 1.64 bits per heavy atom. The first kappa shape index (κ1) is 6.89. The van der Waals surface area contributed by atoms with Gasteiger partial charge in [-0.2, -0.15) is 0 Å². The van der Waals surface area contributed by atoms with Crippen LogP contribution in [0.3, 0.4) is 0 Å². The van der Waals surface area contributed by atoms with Gasteiger partial charge in [-0.05, 0) is 24.7 Å². The van der Waals surface area contributed by atoms with E-state index in [-0.39, 0.29) is 5.97 Å². The van der Waals surface area contributed by atoms with Crippen LogP contribution in [0.5, 0.6) is 0 Å². The zero-order chi connectivity index (χ0) is 7.84. The van der Waals surface area contributed by atoms with Gasteiger partial charge in [-0.3, -0.25) is 0 Å². The van der Waals surface area contributed by atoms with Crippen molar-refractivity contribution in [3.63, 3.8) is 0 Å². The Hall–Kier alpha value is -0.790. The maximum Gasteiger partial charge on any atom is 0.333 e. The molecule has 1 heterocycles. The summed E-state index contributed by atoms with van der Waals surface area (Å²) in [5.41, 5.74) is 0.934. The third kappa shape index (κ3) is 0.971. The van der Waals surface area contributed by atoms with Gasteiger partial charge in [0.2, 0.25) is 0 Å². The summed E-state index contributed by atoms with van der Waals surface area (Å²) in [6.45, 7) is 2.76. The van der Waals surface area contributed by atoms with Gasteiger partial charge in [0, 0.05) is 5.57 Å².